The molecule has 2 N–H and O–H groups in total. The third-order valence-electron chi connectivity index (χ3n) is 3.32. The van der Waals surface area contributed by atoms with Gasteiger partial charge in [-0.15, -0.1) is 0 Å². The molecule has 0 aliphatic rings. The van der Waals surface area contributed by atoms with Crippen molar-refractivity contribution < 1.29 is 4.74 Å². The number of halogens is 2. The first-order chi connectivity index (χ1) is 11.1. The van der Waals surface area contributed by atoms with Crippen molar-refractivity contribution in [2.45, 2.75) is 13.3 Å². The first kappa shape index (κ1) is 17.8. The second-order valence-corrected chi connectivity index (χ2v) is 5.84. The SMILES string of the molecule is CCOCCCN=C(c1cc(Cl)ccc1N)c1ccccc1Cl. The molecular weight excluding hydrogens is 331 g/mol. The van der Waals surface area contributed by atoms with Gasteiger partial charge in [0, 0.05) is 46.6 Å². The average Bonchev–Trinajstić information content (AvgIpc) is 2.55. The van der Waals surface area contributed by atoms with Gasteiger partial charge in [-0.25, -0.2) is 0 Å². The lowest BCUT2D eigenvalue weighted by molar-refractivity contribution is 0.146. The lowest BCUT2D eigenvalue weighted by Crippen LogP contribution is -2.09. The fourth-order valence-electron chi connectivity index (χ4n) is 2.20. The van der Waals surface area contributed by atoms with E-state index in [1.165, 1.54) is 0 Å². The Morgan fingerprint density at radius 2 is 1.91 bits per heavy atom. The van der Waals surface area contributed by atoms with Crippen LogP contribution in [0.5, 0.6) is 0 Å². The molecule has 2 aromatic rings. The molecule has 0 saturated carbocycles. The summed E-state index contributed by atoms with van der Waals surface area (Å²) in [7, 11) is 0. The molecule has 0 aliphatic carbocycles. The summed E-state index contributed by atoms with van der Waals surface area (Å²) in [4.78, 5) is 4.71. The highest BCUT2D eigenvalue weighted by atomic mass is 35.5. The molecular formula is C18H20Cl2N2O. The number of ether oxygens (including phenoxy) is 1. The highest BCUT2D eigenvalue weighted by Crippen LogP contribution is 2.25. The molecule has 122 valence electrons. The van der Waals surface area contributed by atoms with Crippen LogP contribution >= 0.6 is 23.2 Å². The molecule has 0 aliphatic heterocycles. The van der Waals surface area contributed by atoms with E-state index in [1.54, 1.807) is 12.1 Å². The lowest BCUT2D eigenvalue weighted by Gasteiger charge is -2.12. The zero-order valence-corrected chi connectivity index (χ0v) is 14.6. The fourth-order valence-corrected chi connectivity index (χ4v) is 2.60. The van der Waals surface area contributed by atoms with Crippen molar-refractivity contribution in [3.63, 3.8) is 0 Å². The maximum Gasteiger partial charge on any atom is 0.0755 e. The molecule has 5 heteroatoms. The van der Waals surface area contributed by atoms with Gasteiger partial charge in [-0.05, 0) is 37.6 Å². The Morgan fingerprint density at radius 1 is 1.13 bits per heavy atom. The lowest BCUT2D eigenvalue weighted by atomic mass is 10.0. The highest BCUT2D eigenvalue weighted by Gasteiger charge is 2.13. The molecule has 0 radical (unpaired) electrons. The van der Waals surface area contributed by atoms with E-state index in [9.17, 15) is 0 Å². The largest absolute Gasteiger partial charge is 0.398 e. The Kier molecular flexibility index (Phi) is 6.90. The smallest absolute Gasteiger partial charge is 0.0755 e. The van der Waals surface area contributed by atoms with Gasteiger partial charge in [0.1, 0.15) is 0 Å². The van der Waals surface area contributed by atoms with E-state index in [0.717, 1.165) is 23.3 Å². The summed E-state index contributed by atoms with van der Waals surface area (Å²) < 4.78 is 5.35. The number of nitrogens with two attached hydrogens (primary N) is 1. The number of hydrogen-bond donors (Lipinski definition) is 1. The molecule has 23 heavy (non-hydrogen) atoms. The topological polar surface area (TPSA) is 47.6 Å². The predicted molar refractivity (Wildman–Crippen MR) is 98.9 cm³/mol. The van der Waals surface area contributed by atoms with Crippen LogP contribution in [0.1, 0.15) is 24.5 Å². The Balaban J connectivity index is 2.37. The van der Waals surface area contributed by atoms with Crippen molar-refractivity contribution in [2.24, 2.45) is 4.99 Å². The van der Waals surface area contributed by atoms with Crippen LogP contribution in [0.4, 0.5) is 5.69 Å². The summed E-state index contributed by atoms with van der Waals surface area (Å²) >= 11 is 12.5. The number of rotatable bonds is 7. The fraction of sp³-hybridized carbons (Fsp3) is 0.278. The van der Waals surface area contributed by atoms with Gasteiger partial charge in [-0.3, -0.25) is 4.99 Å². The molecule has 0 bridgehead atoms. The molecule has 0 aromatic heterocycles. The minimum absolute atomic E-state index is 0.614. The van der Waals surface area contributed by atoms with Crippen LogP contribution in [-0.4, -0.2) is 25.5 Å². The number of aliphatic imine (C=N–C) groups is 1. The quantitative estimate of drug-likeness (QED) is 0.441. The molecule has 0 amide bonds. The van der Waals surface area contributed by atoms with E-state index in [-0.39, 0.29) is 0 Å². The molecule has 0 fully saturated rings. The summed E-state index contributed by atoms with van der Waals surface area (Å²) in [6.45, 7) is 4.00. The van der Waals surface area contributed by atoms with Gasteiger partial charge in [0.15, 0.2) is 0 Å². The van der Waals surface area contributed by atoms with Crippen LogP contribution in [0.2, 0.25) is 10.0 Å². The van der Waals surface area contributed by atoms with Crippen molar-refractivity contribution >= 4 is 34.6 Å². The van der Waals surface area contributed by atoms with E-state index in [0.29, 0.717) is 35.5 Å². The first-order valence-corrected chi connectivity index (χ1v) is 8.31. The van der Waals surface area contributed by atoms with Crippen LogP contribution in [0.15, 0.2) is 47.5 Å². The first-order valence-electron chi connectivity index (χ1n) is 7.56. The Morgan fingerprint density at radius 3 is 2.65 bits per heavy atom. The van der Waals surface area contributed by atoms with E-state index >= 15 is 0 Å². The molecule has 0 saturated heterocycles. The van der Waals surface area contributed by atoms with E-state index in [1.807, 2.05) is 37.3 Å². The van der Waals surface area contributed by atoms with E-state index < -0.39 is 0 Å². The molecule has 0 atom stereocenters. The van der Waals surface area contributed by atoms with Crippen LogP contribution in [0.25, 0.3) is 0 Å². The highest BCUT2D eigenvalue weighted by molar-refractivity contribution is 6.36. The second-order valence-electron chi connectivity index (χ2n) is 4.99. The van der Waals surface area contributed by atoms with Gasteiger partial charge in [0.25, 0.3) is 0 Å². The zero-order valence-electron chi connectivity index (χ0n) is 13.1. The van der Waals surface area contributed by atoms with Gasteiger partial charge in [0.2, 0.25) is 0 Å². The summed E-state index contributed by atoms with van der Waals surface area (Å²) in [6.07, 6.45) is 0.836. The number of anilines is 1. The third kappa shape index (κ3) is 4.96. The van der Waals surface area contributed by atoms with Gasteiger partial charge in [0.05, 0.1) is 5.71 Å². The van der Waals surface area contributed by atoms with Crippen molar-refractivity contribution in [1.29, 1.82) is 0 Å². The molecule has 0 unspecified atom stereocenters. The summed E-state index contributed by atoms with van der Waals surface area (Å²) in [5.74, 6) is 0. The second kappa shape index (κ2) is 8.92. The number of hydrogen-bond acceptors (Lipinski definition) is 3. The van der Waals surface area contributed by atoms with Crippen molar-refractivity contribution in [3.05, 3.63) is 63.6 Å². The maximum atomic E-state index is 6.34. The van der Waals surface area contributed by atoms with Gasteiger partial charge < -0.3 is 10.5 Å². The van der Waals surface area contributed by atoms with Crippen molar-refractivity contribution in [2.75, 3.05) is 25.5 Å². The number of benzene rings is 2. The van der Waals surface area contributed by atoms with Crippen LogP contribution in [0, 0.1) is 0 Å². The molecule has 2 aromatic carbocycles. The zero-order chi connectivity index (χ0) is 16.7. The Hall–Kier alpha value is -1.55. The standard InChI is InChI=1S/C18H20Cl2N2O/c1-2-23-11-5-10-22-18(14-6-3-4-7-16(14)20)15-12-13(19)8-9-17(15)21/h3-4,6-9,12H,2,5,10-11,21H2,1H3. The van der Waals surface area contributed by atoms with Gasteiger partial charge in [-0.2, -0.15) is 0 Å². The minimum atomic E-state index is 0.614. The molecule has 2 rings (SSSR count). The summed E-state index contributed by atoms with van der Waals surface area (Å²) in [5.41, 5.74) is 9.14. The van der Waals surface area contributed by atoms with Crippen molar-refractivity contribution in [3.8, 4) is 0 Å². The normalized spacial score (nSPS) is 11.7. The molecule has 0 heterocycles. The Labute approximate surface area is 147 Å². The van der Waals surface area contributed by atoms with Crippen molar-refractivity contribution in [1.82, 2.24) is 0 Å². The monoisotopic (exact) mass is 350 g/mol. The van der Waals surface area contributed by atoms with E-state index in [2.05, 4.69) is 0 Å². The Bertz CT molecular complexity index is 686. The van der Waals surface area contributed by atoms with E-state index in [4.69, 9.17) is 38.7 Å². The number of nitrogens with zero attached hydrogens (tertiary/aromatic N) is 1. The van der Waals surface area contributed by atoms with Crippen LogP contribution < -0.4 is 5.73 Å². The summed E-state index contributed by atoms with van der Waals surface area (Å²) in [6, 6.07) is 13.0. The van der Waals surface area contributed by atoms with Gasteiger partial charge in [-0.1, -0.05) is 41.4 Å². The minimum Gasteiger partial charge on any atom is -0.398 e. The van der Waals surface area contributed by atoms with Gasteiger partial charge >= 0.3 is 0 Å². The summed E-state index contributed by atoms with van der Waals surface area (Å²) in [5, 5.41) is 1.25. The predicted octanol–water partition coefficient (Wildman–Crippen LogP) is 4.84. The van der Waals surface area contributed by atoms with Crippen LogP contribution in [0.3, 0.4) is 0 Å². The third-order valence-corrected chi connectivity index (χ3v) is 3.88. The van der Waals surface area contributed by atoms with Crippen LogP contribution in [-0.2, 0) is 4.74 Å². The molecule has 0 spiro atoms. The average molecular weight is 351 g/mol. The molecule has 3 nitrogen and oxygen atoms in total. The number of nitrogen functional groups attached to an aromatic ring is 1. The maximum absolute atomic E-state index is 6.34.